The summed E-state index contributed by atoms with van der Waals surface area (Å²) >= 11 is 0. The maximum Gasteiger partial charge on any atom is -0.00150 e. The highest BCUT2D eigenvalue weighted by Crippen LogP contribution is 2.65. The van der Waals surface area contributed by atoms with Crippen LogP contribution in [0.2, 0.25) is 0 Å². The van der Waals surface area contributed by atoms with Gasteiger partial charge in [-0.15, -0.1) is 0 Å². The van der Waals surface area contributed by atoms with Crippen LogP contribution in [0.4, 0.5) is 0 Å². The Morgan fingerprint density at radius 1 is 1.00 bits per heavy atom. The second kappa shape index (κ2) is 1.58. The molecule has 1 N–H and O–H groups in total. The second-order valence-corrected chi connectivity index (χ2v) is 4.36. The van der Waals surface area contributed by atoms with E-state index in [4.69, 9.17) is 0 Å². The summed E-state index contributed by atoms with van der Waals surface area (Å²) in [5, 5.41) is 3.54. The molecule has 1 aliphatic heterocycles. The third-order valence-corrected chi connectivity index (χ3v) is 4.10. The fourth-order valence-electron chi connectivity index (χ4n) is 3.31. The molecule has 0 radical (unpaired) electrons. The van der Waals surface area contributed by atoms with Gasteiger partial charge in [0.1, 0.15) is 0 Å². The third-order valence-electron chi connectivity index (χ3n) is 4.10. The Labute approximate surface area is 62.2 Å². The van der Waals surface area contributed by atoms with Crippen LogP contribution in [0.25, 0.3) is 0 Å². The van der Waals surface area contributed by atoms with Gasteiger partial charge in [-0.1, -0.05) is 0 Å². The van der Waals surface area contributed by atoms with E-state index in [9.17, 15) is 0 Å². The highest BCUT2D eigenvalue weighted by atomic mass is 14.9. The molecule has 2 bridgehead atoms. The van der Waals surface area contributed by atoms with Gasteiger partial charge in [0.15, 0.2) is 0 Å². The van der Waals surface area contributed by atoms with Crippen molar-refractivity contribution in [1.29, 1.82) is 0 Å². The smallest absolute Gasteiger partial charge is 0.00150 e. The molecule has 0 amide bonds. The molecule has 0 aromatic rings. The zero-order chi connectivity index (χ0) is 6.60. The zero-order valence-electron chi connectivity index (χ0n) is 6.40. The fraction of sp³-hybridized carbons (Fsp3) is 1.00. The van der Waals surface area contributed by atoms with Gasteiger partial charge in [-0.3, -0.25) is 0 Å². The first-order valence-corrected chi connectivity index (χ1v) is 4.62. The molecule has 0 aromatic heterocycles. The van der Waals surface area contributed by atoms with Crippen molar-refractivity contribution in [2.75, 3.05) is 13.1 Å². The molecule has 2 aliphatic carbocycles. The Kier molecular flexibility index (Phi) is 0.883. The Balaban J connectivity index is 1.95. The summed E-state index contributed by atoms with van der Waals surface area (Å²) in [6.07, 6.45) is 6.17. The molecule has 56 valence electrons. The van der Waals surface area contributed by atoms with Gasteiger partial charge in [-0.05, 0) is 56.0 Å². The fourth-order valence-corrected chi connectivity index (χ4v) is 3.31. The van der Waals surface area contributed by atoms with Gasteiger partial charge in [-0.25, -0.2) is 0 Å². The summed E-state index contributed by atoms with van der Waals surface area (Å²) in [4.78, 5) is 0. The number of nitrogens with one attached hydrogen (secondary N) is 1. The molecule has 1 heteroatoms. The van der Waals surface area contributed by atoms with Crippen molar-refractivity contribution >= 4 is 0 Å². The molecule has 3 fully saturated rings. The van der Waals surface area contributed by atoms with E-state index < -0.39 is 0 Å². The van der Waals surface area contributed by atoms with E-state index in [1.807, 2.05) is 0 Å². The number of hydrogen-bond donors (Lipinski definition) is 1. The predicted octanol–water partition coefficient (Wildman–Crippen LogP) is 1.40. The lowest BCUT2D eigenvalue weighted by atomic mass is 9.83. The van der Waals surface area contributed by atoms with Crippen LogP contribution in [0.3, 0.4) is 0 Å². The van der Waals surface area contributed by atoms with Crippen molar-refractivity contribution in [2.45, 2.75) is 25.7 Å². The summed E-state index contributed by atoms with van der Waals surface area (Å²) in [5.41, 5.74) is 0.894. The molecule has 0 aromatic carbocycles. The van der Waals surface area contributed by atoms with E-state index in [0.29, 0.717) is 0 Å². The van der Waals surface area contributed by atoms with Crippen molar-refractivity contribution in [3.05, 3.63) is 0 Å². The van der Waals surface area contributed by atoms with Crippen LogP contribution in [-0.2, 0) is 0 Å². The minimum atomic E-state index is 0.894. The van der Waals surface area contributed by atoms with Crippen molar-refractivity contribution in [3.8, 4) is 0 Å². The average molecular weight is 137 g/mol. The van der Waals surface area contributed by atoms with Crippen LogP contribution in [0.5, 0.6) is 0 Å². The molecular weight excluding hydrogens is 122 g/mol. The SMILES string of the molecule is C1CC2CNCC1C21CC1. The molecular formula is C9H15N. The van der Waals surface area contributed by atoms with Gasteiger partial charge >= 0.3 is 0 Å². The molecule has 3 rings (SSSR count). The van der Waals surface area contributed by atoms with E-state index in [1.165, 1.54) is 25.9 Å². The summed E-state index contributed by atoms with van der Waals surface area (Å²) in [5.74, 6) is 2.15. The average Bonchev–Trinajstić information content (AvgIpc) is 2.59. The van der Waals surface area contributed by atoms with Crippen LogP contribution in [0.15, 0.2) is 0 Å². The Bertz CT molecular complexity index is 142. The van der Waals surface area contributed by atoms with Gasteiger partial charge in [0.05, 0.1) is 0 Å². The highest BCUT2D eigenvalue weighted by molar-refractivity contribution is 5.10. The third kappa shape index (κ3) is 0.493. The topological polar surface area (TPSA) is 12.0 Å². The highest BCUT2D eigenvalue weighted by Gasteiger charge is 2.58. The van der Waals surface area contributed by atoms with E-state index in [2.05, 4.69) is 5.32 Å². The Morgan fingerprint density at radius 3 is 2.00 bits per heavy atom. The number of piperidine rings is 1. The molecule has 1 spiro atoms. The number of rotatable bonds is 0. The van der Waals surface area contributed by atoms with Crippen molar-refractivity contribution in [2.24, 2.45) is 17.3 Å². The summed E-state index contributed by atoms with van der Waals surface area (Å²) < 4.78 is 0. The van der Waals surface area contributed by atoms with Gasteiger partial charge < -0.3 is 5.32 Å². The summed E-state index contributed by atoms with van der Waals surface area (Å²) in [7, 11) is 0. The second-order valence-electron chi connectivity index (χ2n) is 4.36. The quantitative estimate of drug-likeness (QED) is 0.532. The van der Waals surface area contributed by atoms with Crippen LogP contribution >= 0.6 is 0 Å². The molecule has 2 unspecified atom stereocenters. The van der Waals surface area contributed by atoms with E-state index >= 15 is 0 Å². The lowest BCUT2D eigenvalue weighted by Gasteiger charge is -2.30. The first kappa shape index (κ1) is 5.59. The summed E-state index contributed by atoms with van der Waals surface area (Å²) in [6.45, 7) is 2.66. The van der Waals surface area contributed by atoms with Crippen molar-refractivity contribution < 1.29 is 0 Å². The van der Waals surface area contributed by atoms with E-state index in [0.717, 1.165) is 17.3 Å². The Morgan fingerprint density at radius 2 is 1.60 bits per heavy atom. The molecule has 1 saturated heterocycles. The van der Waals surface area contributed by atoms with Gasteiger partial charge in [0.25, 0.3) is 0 Å². The predicted molar refractivity (Wildman–Crippen MR) is 40.8 cm³/mol. The minimum Gasteiger partial charge on any atom is -0.316 e. The first-order chi connectivity index (χ1) is 4.92. The van der Waals surface area contributed by atoms with Crippen LogP contribution < -0.4 is 5.32 Å². The maximum atomic E-state index is 3.54. The minimum absolute atomic E-state index is 0.894. The zero-order valence-corrected chi connectivity index (χ0v) is 6.40. The van der Waals surface area contributed by atoms with Crippen molar-refractivity contribution in [3.63, 3.8) is 0 Å². The maximum absolute atomic E-state index is 3.54. The van der Waals surface area contributed by atoms with E-state index in [1.54, 1.807) is 12.8 Å². The molecule has 3 aliphatic rings. The van der Waals surface area contributed by atoms with E-state index in [-0.39, 0.29) is 0 Å². The molecule has 10 heavy (non-hydrogen) atoms. The Hall–Kier alpha value is -0.0400. The van der Waals surface area contributed by atoms with Crippen LogP contribution in [0, 0.1) is 17.3 Å². The van der Waals surface area contributed by atoms with Gasteiger partial charge in [0.2, 0.25) is 0 Å². The normalized spacial score (nSPS) is 48.0. The number of hydrogen-bond acceptors (Lipinski definition) is 1. The van der Waals surface area contributed by atoms with Crippen molar-refractivity contribution in [1.82, 2.24) is 5.32 Å². The van der Waals surface area contributed by atoms with Gasteiger partial charge in [-0.2, -0.15) is 0 Å². The molecule has 1 heterocycles. The molecule has 1 nitrogen and oxygen atoms in total. The molecule has 2 saturated carbocycles. The summed E-state index contributed by atoms with van der Waals surface area (Å²) in [6, 6.07) is 0. The van der Waals surface area contributed by atoms with Crippen LogP contribution in [-0.4, -0.2) is 13.1 Å². The standard InChI is InChI=1S/C9H15N/c1-2-8-6-10-5-7(1)9(8)3-4-9/h7-8,10H,1-6H2. The van der Waals surface area contributed by atoms with Gasteiger partial charge in [0, 0.05) is 0 Å². The largest absolute Gasteiger partial charge is 0.316 e. The van der Waals surface area contributed by atoms with Crippen LogP contribution in [0.1, 0.15) is 25.7 Å². The lowest BCUT2D eigenvalue weighted by Crippen LogP contribution is -2.39. The molecule has 2 atom stereocenters. The first-order valence-electron chi connectivity index (χ1n) is 4.62. The lowest BCUT2D eigenvalue weighted by molar-refractivity contribution is 0.221. The monoisotopic (exact) mass is 137 g/mol.